The summed E-state index contributed by atoms with van der Waals surface area (Å²) in [5, 5.41) is 17.3. The van der Waals surface area contributed by atoms with Gasteiger partial charge >= 0.3 is 0 Å². The van der Waals surface area contributed by atoms with E-state index in [0.29, 0.717) is 6.42 Å². The first-order valence-corrected chi connectivity index (χ1v) is 3.71. The molecule has 0 aliphatic rings. The average Bonchev–Trinajstić information content (AvgIpc) is 1.98. The number of aliphatic hydroxyl groups is 2. The Balaban J connectivity index is 3.03. The molecular formula is C8H16O2. The molecule has 0 aromatic rings. The Bertz CT molecular complexity index is 89.3. The summed E-state index contributed by atoms with van der Waals surface area (Å²) in [6, 6.07) is 0. The number of aliphatic hydroxyl groups excluding tert-OH is 2. The minimum atomic E-state index is -0.523. The van der Waals surface area contributed by atoms with Crippen LogP contribution in [0.3, 0.4) is 0 Å². The summed E-state index contributed by atoms with van der Waals surface area (Å²) in [7, 11) is 0. The van der Waals surface area contributed by atoms with E-state index in [1.54, 1.807) is 0 Å². The minimum absolute atomic E-state index is 0.115. The molecule has 0 heterocycles. The molecule has 2 heteroatoms. The smallest absolute Gasteiger partial charge is 0.0771 e. The highest BCUT2D eigenvalue weighted by atomic mass is 16.3. The van der Waals surface area contributed by atoms with Crippen molar-refractivity contribution >= 4 is 0 Å². The normalized spacial score (nSPS) is 14.3. The molecule has 0 bridgehead atoms. The topological polar surface area (TPSA) is 40.5 Å². The maximum Gasteiger partial charge on any atom is 0.0771 e. The summed E-state index contributed by atoms with van der Waals surface area (Å²) in [5.41, 5.74) is 0. The third kappa shape index (κ3) is 5.79. The largest absolute Gasteiger partial charge is 0.394 e. The Labute approximate surface area is 62.2 Å². The van der Waals surface area contributed by atoms with E-state index in [1.807, 2.05) is 13.0 Å². The quantitative estimate of drug-likeness (QED) is 0.448. The highest BCUT2D eigenvalue weighted by Crippen LogP contribution is 2.00. The van der Waals surface area contributed by atoms with Gasteiger partial charge in [-0.05, 0) is 26.2 Å². The fourth-order valence-corrected chi connectivity index (χ4v) is 0.729. The van der Waals surface area contributed by atoms with Gasteiger partial charge in [0.05, 0.1) is 12.7 Å². The van der Waals surface area contributed by atoms with Crippen LogP contribution in [0.25, 0.3) is 0 Å². The first-order valence-electron chi connectivity index (χ1n) is 3.71. The van der Waals surface area contributed by atoms with Crippen LogP contribution in [-0.4, -0.2) is 22.9 Å². The average molecular weight is 144 g/mol. The second-order valence-electron chi connectivity index (χ2n) is 2.34. The fraction of sp³-hybridized carbons (Fsp3) is 0.750. The van der Waals surface area contributed by atoms with Crippen molar-refractivity contribution in [3.63, 3.8) is 0 Å². The van der Waals surface area contributed by atoms with Gasteiger partial charge in [-0.25, -0.2) is 0 Å². The third-order valence-corrected chi connectivity index (χ3v) is 1.35. The van der Waals surface area contributed by atoms with Gasteiger partial charge in [0.15, 0.2) is 0 Å². The monoisotopic (exact) mass is 144 g/mol. The number of hydrogen-bond donors (Lipinski definition) is 2. The SMILES string of the molecule is CC=CCCCC(O)CO. The molecule has 10 heavy (non-hydrogen) atoms. The van der Waals surface area contributed by atoms with Crippen LogP contribution in [0.15, 0.2) is 12.2 Å². The van der Waals surface area contributed by atoms with Crippen molar-refractivity contribution in [2.75, 3.05) is 6.61 Å². The van der Waals surface area contributed by atoms with Gasteiger partial charge in [0, 0.05) is 0 Å². The lowest BCUT2D eigenvalue weighted by molar-refractivity contribution is 0.0868. The lowest BCUT2D eigenvalue weighted by Gasteiger charge is -2.03. The van der Waals surface area contributed by atoms with Crippen molar-refractivity contribution in [3.8, 4) is 0 Å². The first-order chi connectivity index (χ1) is 4.81. The van der Waals surface area contributed by atoms with Gasteiger partial charge in [-0.15, -0.1) is 0 Å². The van der Waals surface area contributed by atoms with Crippen LogP contribution in [0.1, 0.15) is 26.2 Å². The van der Waals surface area contributed by atoms with Crippen molar-refractivity contribution in [3.05, 3.63) is 12.2 Å². The predicted octanol–water partition coefficient (Wildman–Crippen LogP) is 1.09. The zero-order valence-electron chi connectivity index (χ0n) is 6.45. The Kier molecular flexibility index (Phi) is 6.55. The van der Waals surface area contributed by atoms with Crippen molar-refractivity contribution in [2.24, 2.45) is 0 Å². The molecule has 0 aromatic carbocycles. The third-order valence-electron chi connectivity index (χ3n) is 1.35. The molecule has 1 unspecified atom stereocenters. The maximum atomic E-state index is 8.88. The summed E-state index contributed by atoms with van der Waals surface area (Å²) in [4.78, 5) is 0. The van der Waals surface area contributed by atoms with Crippen LogP contribution >= 0.6 is 0 Å². The maximum absolute atomic E-state index is 8.88. The highest BCUT2D eigenvalue weighted by Gasteiger charge is 1.98. The van der Waals surface area contributed by atoms with Gasteiger partial charge in [-0.3, -0.25) is 0 Å². The Morgan fingerprint density at radius 2 is 2.20 bits per heavy atom. The first kappa shape index (κ1) is 9.66. The minimum Gasteiger partial charge on any atom is -0.394 e. The second-order valence-corrected chi connectivity index (χ2v) is 2.34. The zero-order valence-corrected chi connectivity index (χ0v) is 6.45. The molecule has 60 valence electrons. The standard InChI is InChI=1S/C8H16O2/c1-2-3-4-5-6-8(10)7-9/h2-3,8-10H,4-7H2,1H3. The molecule has 0 amide bonds. The Morgan fingerprint density at radius 3 is 2.70 bits per heavy atom. The van der Waals surface area contributed by atoms with E-state index < -0.39 is 6.10 Å². The summed E-state index contributed by atoms with van der Waals surface area (Å²) < 4.78 is 0. The molecule has 0 saturated carbocycles. The van der Waals surface area contributed by atoms with Crippen molar-refractivity contribution < 1.29 is 10.2 Å². The van der Waals surface area contributed by atoms with Crippen LogP contribution < -0.4 is 0 Å². The summed E-state index contributed by atoms with van der Waals surface area (Å²) in [5.74, 6) is 0. The number of hydrogen-bond acceptors (Lipinski definition) is 2. The molecule has 0 rings (SSSR count). The van der Waals surface area contributed by atoms with Crippen LogP contribution in [0.2, 0.25) is 0 Å². The van der Waals surface area contributed by atoms with Gasteiger partial charge < -0.3 is 10.2 Å². The lowest BCUT2D eigenvalue weighted by atomic mass is 10.1. The second kappa shape index (κ2) is 6.78. The van der Waals surface area contributed by atoms with Crippen molar-refractivity contribution in [1.82, 2.24) is 0 Å². The van der Waals surface area contributed by atoms with Gasteiger partial charge in [0.1, 0.15) is 0 Å². The van der Waals surface area contributed by atoms with E-state index in [0.717, 1.165) is 12.8 Å². The van der Waals surface area contributed by atoms with E-state index in [1.165, 1.54) is 0 Å². The van der Waals surface area contributed by atoms with Crippen LogP contribution in [0, 0.1) is 0 Å². The molecule has 0 saturated heterocycles. The number of allylic oxidation sites excluding steroid dienone is 2. The molecule has 2 nitrogen and oxygen atoms in total. The summed E-state index contributed by atoms with van der Waals surface area (Å²) >= 11 is 0. The summed E-state index contributed by atoms with van der Waals surface area (Å²) in [6.45, 7) is 1.86. The molecular weight excluding hydrogens is 128 g/mol. The predicted molar refractivity (Wildman–Crippen MR) is 41.8 cm³/mol. The van der Waals surface area contributed by atoms with Crippen LogP contribution in [0.4, 0.5) is 0 Å². The molecule has 0 aliphatic heterocycles. The van der Waals surface area contributed by atoms with Gasteiger partial charge in [-0.1, -0.05) is 12.2 Å². The Morgan fingerprint density at radius 1 is 1.50 bits per heavy atom. The number of rotatable bonds is 5. The molecule has 0 spiro atoms. The van der Waals surface area contributed by atoms with Gasteiger partial charge in [-0.2, -0.15) is 0 Å². The lowest BCUT2D eigenvalue weighted by Crippen LogP contribution is -2.10. The molecule has 1 atom stereocenters. The molecule has 2 N–H and O–H groups in total. The van der Waals surface area contributed by atoms with E-state index in [2.05, 4.69) is 6.08 Å². The van der Waals surface area contributed by atoms with Crippen LogP contribution in [-0.2, 0) is 0 Å². The van der Waals surface area contributed by atoms with Gasteiger partial charge in [0.2, 0.25) is 0 Å². The van der Waals surface area contributed by atoms with Crippen molar-refractivity contribution in [1.29, 1.82) is 0 Å². The molecule has 0 radical (unpaired) electrons. The van der Waals surface area contributed by atoms with E-state index in [9.17, 15) is 0 Å². The van der Waals surface area contributed by atoms with E-state index >= 15 is 0 Å². The van der Waals surface area contributed by atoms with Gasteiger partial charge in [0.25, 0.3) is 0 Å². The molecule has 0 aliphatic carbocycles. The Hall–Kier alpha value is -0.340. The van der Waals surface area contributed by atoms with E-state index in [4.69, 9.17) is 10.2 Å². The van der Waals surface area contributed by atoms with Crippen molar-refractivity contribution in [2.45, 2.75) is 32.3 Å². The molecule has 0 fully saturated rings. The molecule has 0 aromatic heterocycles. The fourth-order valence-electron chi connectivity index (χ4n) is 0.729. The summed E-state index contributed by atoms with van der Waals surface area (Å²) in [6.07, 6.45) is 6.17. The van der Waals surface area contributed by atoms with E-state index in [-0.39, 0.29) is 6.61 Å². The zero-order chi connectivity index (χ0) is 7.82. The highest BCUT2D eigenvalue weighted by molar-refractivity contribution is 4.76. The van der Waals surface area contributed by atoms with Crippen LogP contribution in [0.5, 0.6) is 0 Å². The number of unbranched alkanes of at least 4 members (excludes halogenated alkanes) is 1.